The molecular formula is C33H38N8O. The first kappa shape index (κ1) is 27.7. The predicted molar refractivity (Wildman–Crippen MR) is 168 cm³/mol. The lowest BCUT2D eigenvalue weighted by molar-refractivity contribution is -0.116. The molecule has 1 fully saturated rings. The summed E-state index contributed by atoms with van der Waals surface area (Å²) >= 11 is 0. The number of aromatic nitrogens is 5. The van der Waals surface area contributed by atoms with Crippen molar-refractivity contribution in [3.63, 3.8) is 0 Å². The van der Waals surface area contributed by atoms with E-state index < -0.39 is 0 Å². The summed E-state index contributed by atoms with van der Waals surface area (Å²) in [6, 6.07) is 18.7. The van der Waals surface area contributed by atoms with Gasteiger partial charge in [0.15, 0.2) is 0 Å². The number of benzene rings is 2. The molecule has 0 spiro atoms. The number of carbonyl (C=O) groups excluding carboxylic acids is 1. The van der Waals surface area contributed by atoms with E-state index in [-0.39, 0.29) is 17.9 Å². The molecule has 6 rings (SSSR count). The molecule has 0 aliphatic carbocycles. The molecule has 0 bridgehead atoms. The summed E-state index contributed by atoms with van der Waals surface area (Å²) in [6.07, 6.45) is 5.32. The standard InChI is InChI=1S/C33H38N8O/c1-23-35-27(21-41(23)22-30(42)36-26-12-14-34-15-13-26)20-39-16-18-40(19-17-39)29-7-5-6-28-31(29)38-32(37-28)24-8-10-25(11-9-24)33(2,3)4/h5-15,21H,16-20,22H2,1-4H3,(H,37,38)(H,34,36,42). The van der Waals surface area contributed by atoms with Gasteiger partial charge in [-0.1, -0.05) is 51.1 Å². The van der Waals surface area contributed by atoms with Gasteiger partial charge in [0.2, 0.25) is 5.91 Å². The van der Waals surface area contributed by atoms with Crippen LogP contribution in [0.25, 0.3) is 22.4 Å². The fourth-order valence-corrected chi connectivity index (χ4v) is 5.51. The predicted octanol–water partition coefficient (Wildman–Crippen LogP) is 5.39. The number of rotatable bonds is 7. The van der Waals surface area contributed by atoms with E-state index in [9.17, 15) is 4.79 Å². The van der Waals surface area contributed by atoms with Gasteiger partial charge < -0.3 is 19.8 Å². The Balaban J connectivity index is 1.08. The molecule has 5 aromatic rings. The molecule has 42 heavy (non-hydrogen) atoms. The smallest absolute Gasteiger partial charge is 0.244 e. The van der Waals surface area contributed by atoms with Crippen molar-refractivity contribution in [1.29, 1.82) is 0 Å². The van der Waals surface area contributed by atoms with Crippen molar-refractivity contribution in [3.8, 4) is 11.4 Å². The molecule has 9 nitrogen and oxygen atoms in total. The summed E-state index contributed by atoms with van der Waals surface area (Å²) < 4.78 is 1.91. The molecule has 0 radical (unpaired) electrons. The molecule has 0 atom stereocenters. The van der Waals surface area contributed by atoms with Gasteiger partial charge in [-0.25, -0.2) is 9.97 Å². The molecule has 1 aliphatic rings. The number of anilines is 2. The quantitative estimate of drug-likeness (QED) is 0.276. The van der Waals surface area contributed by atoms with E-state index in [2.05, 4.69) is 88.3 Å². The van der Waals surface area contributed by atoms with Gasteiger partial charge in [-0.05, 0) is 42.2 Å². The fourth-order valence-electron chi connectivity index (χ4n) is 5.51. The summed E-state index contributed by atoms with van der Waals surface area (Å²) in [5.74, 6) is 1.65. The molecule has 2 aromatic carbocycles. The molecule has 0 unspecified atom stereocenters. The number of nitrogens with one attached hydrogen (secondary N) is 2. The average molecular weight is 563 g/mol. The number of hydrogen-bond donors (Lipinski definition) is 2. The highest BCUT2D eigenvalue weighted by Crippen LogP contribution is 2.30. The third-order valence-electron chi connectivity index (χ3n) is 7.92. The van der Waals surface area contributed by atoms with Gasteiger partial charge in [-0.3, -0.25) is 14.7 Å². The van der Waals surface area contributed by atoms with Gasteiger partial charge in [0.25, 0.3) is 0 Å². The third-order valence-corrected chi connectivity index (χ3v) is 7.92. The van der Waals surface area contributed by atoms with E-state index in [1.807, 2.05) is 17.7 Å². The molecule has 3 aromatic heterocycles. The normalized spacial score (nSPS) is 14.4. The van der Waals surface area contributed by atoms with Crippen molar-refractivity contribution in [2.24, 2.45) is 0 Å². The van der Waals surface area contributed by atoms with Crippen LogP contribution in [0, 0.1) is 6.92 Å². The lowest BCUT2D eigenvalue weighted by Gasteiger charge is -2.35. The van der Waals surface area contributed by atoms with Crippen molar-refractivity contribution in [1.82, 2.24) is 29.4 Å². The fraction of sp³-hybridized carbons (Fsp3) is 0.333. The topological polar surface area (TPSA) is 95.0 Å². The summed E-state index contributed by atoms with van der Waals surface area (Å²) in [7, 11) is 0. The average Bonchev–Trinajstić information content (AvgIpc) is 3.56. The van der Waals surface area contributed by atoms with Crippen LogP contribution in [0.2, 0.25) is 0 Å². The van der Waals surface area contributed by atoms with E-state index in [4.69, 9.17) is 9.97 Å². The molecule has 216 valence electrons. The highest BCUT2D eigenvalue weighted by atomic mass is 16.1. The van der Waals surface area contributed by atoms with E-state index in [0.717, 1.165) is 72.4 Å². The third kappa shape index (κ3) is 6.06. The van der Waals surface area contributed by atoms with Gasteiger partial charge in [0.05, 0.1) is 16.9 Å². The number of imidazole rings is 2. The zero-order valence-corrected chi connectivity index (χ0v) is 24.8. The molecule has 4 heterocycles. The van der Waals surface area contributed by atoms with Crippen molar-refractivity contribution >= 4 is 28.3 Å². The maximum Gasteiger partial charge on any atom is 0.244 e. The maximum atomic E-state index is 12.5. The number of aryl methyl sites for hydroxylation is 1. The SMILES string of the molecule is Cc1nc(CN2CCN(c3cccc4[nH]c(-c5ccc(C(C)(C)C)cc5)nc34)CC2)cn1CC(=O)Nc1ccncc1. The Morgan fingerprint density at radius 3 is 2.40 bits per heavy atom. The number of amides is 1. The van der Waals surface area contributed by atoms with E-state index in [1.54, 1.807) is 24.5 Å². The highest BCUT2D eigenvalue weighted by molar-refractivity contribution is 5.91. The highest BCUT2D eigenvalue weighted by Gasteiger charge is 2.22. The maximum absolute atomic E-state index is 12.5. The summed E-state index contributed by atoms with van der Waals surface area (Å²) in [5, 5.41) is 2.91. The largest absolute Gasteiger partial charge is 0.367 e. The second-order valence-corrected chi connectivity index (χ2v) is 12.0. The van der Waals surface area contributed by atoms with Gasteiger partial charge in [0.1, 0.15) is 23.7 Å². The first-order valence-corrected chi connectivity index (χ1v) is 14.5. The van der Waals surface area contributed by atoms with Crippen LogP contribution in [0.4, 0.5) is 11.4 Å². The van der Waals surface area contributed by atoms with Crippen molar-refractivity contribution in [2.75, 3.05) is 36.4 Å². The minimum atomic E-state index is -0.0838. The molecule has 9 heteroatoms. The molecule has 0 saturated carbocycles. The number of carbonyl (C=O) groups is 1. The Hall–Kier alpha value is -4.50. The van der Waals surface area contributed by atoms with E-state index >= 15 is 0 Å². The van der Waals surface area contributed by atoms with Crippen LogP contribution in [-0.4, -0.2) is 61.5 Å². The number of hydrogen-bond acceptors (Lipinski definition) is 6. The zero-order valence-electron chi connectivity index (χ0n) is 24.8. The van der Waals surface area contributed by atoms with Gasteiger partial charge in [-0.15, -0.1) is 0 Å². The van der Waals surface area contributed by atoms with E-state index in [1.165, 1.54) is 11.3 Å². The van der Waals surface area contributed by atoms with Gasteiger partial charge >= 0.3 is 0 Å². The molecule has 1 saturated heterocycles. The number of pyridine rings is 1. The molecular weight excluding hydrogens is 524 g/mol. The van der Waals surface area contributed by atoms with Gasteiger partial charge in [-0.2, -0.15) is 0 Å². The van der Waals surface area contributed by atoms with Crippen LogP contribution in [0.1, 0.15) is 37.9 Å². The molecule has 1 aliphatic heterocycles. The van der Waals surface area contributed by atoms with Crippen LogP contribution in [0.15, 0.2) is 73.2 Å². The van der Waals surface area contributed by atoms with Crippen LogP contribution in [0.5, 0.6) is 0 Å². The van der Waals surface area contributed by atoms with Crippen molar-refractivity contribution in [3.05, 3.63) is 90.3 Å². The zero-order chi connectivity index (χ0) is 29.3. The number of para-hydroxylation sites is 1. The van der Waals surface area contributed by atoms with Crippen LogP contribution in [-0.2, 0) is 23.3 Å². The summed E-state index contributed by atoms with van der Waals surface area (Å²) in [6.45, 7) is 13.3. The van der Waals surface area contributed by atoms with Gasteiger partial charge in [0, 0.05) is 62.6 Å². The minimum Gasteiger partial charge on any atom is -0.367 e. The molecule has 2 N–H and O–H groups in total. The van der Waals surface area contributed by atoms with Crippen LogP contribution >= 0.6 is 0 Å². The van der Waals surface area contributed by atoms with Crippen molar-refractivity contribution in [2.45, 2.75) is 46.2 Å². The lowest BCUT2D eigenvalue weighted by atomic mass is 9.87. The lowest BCUT2D eigenvalue weighted by Crippen LogP contribution is -2.46. The monoisotopic (exact) mass is 562 g/mol. The Morgan fingerprint density at radius 2 is 1.69 bits per heavy atom. The summed E-state index contributed by atoms with van der Waals surface area (Å²) in [5.41, 5.74) is 7.49. The first-order chi connectivity index (χ1) is 20.2. The Morgan fingerprint density at radius 1 is 0.952 bits per heavy atom. The number of fused-ring (bicyclic) bond motifs is 1. The van der Waals surface area contributed by atoms with E-state index in [0.29, 0.717) is 0 Å². The Labute approximate surface area is 246 Å². The number of H-pyrrole nitrogens is 1. The molecule has 1 amide bonds. The number of nitrogens with zero attached hydrogens (tertiary/aromatic N) is 6. The second-order valence-electron chi connectivity index (χ2n) is 12.0. The summed E-state index contributed by atoms with van der Waals surface area (Å²) in [4.78, 5) is 34.7. The first-order valence-electron chi connectivity index (χ1n) is 14.5. The van der Waals surface area contributed by atoms with Crippen molar-refractivity contribution < 1.29 is 4.79 Å². The number of piperazine rings is 1. The minimum absolute atomic E-state index is 0.0838. The Kier molecular flexibility index (Phi) is 7.51. The van der Waals surface area contributed by atoms with Crippen LogP contribution in [0.3, 0.4) is 0 Å². The van der Waals surface area contributed by atoms with Crippen LogP contribution < -0.4 is 10.2 Å². The Bertz CT molecular complexity index is 1670. The number of aromatic amines is 1. The second kappa shape index (κ2) is 11.4.